The van der Waals surface area contributed by atoms with Gasteiger partial charge in [0.25, 0.3) is 0 Å². The first kappa shape index (κ1) is 47.0. The van der Waals surface area contributed by atoms with Crippen LogP contribution in [0.4, 0.5) is 0 Å². The minimum absolute atomic E-state index is 0.139. The summed E-state index contributed by atoms with van der Waals surface area (Å²) in [7, 11) is -4.37. The van der Waals surface area contributed by atoms with E-state index in [1.807, 2.05) is 0 Å². The van der Waals surface area contributed by atoms with Crippen molar-refractivity contribution in [1.82, 2.24) is 0 Å². The number of aliphatic hydroxyl groups excluding tert-OH is 2. The Morgan fingerprint density at radius 2 is 0.830 bits per heavy atom. The van der Waals surface area contributed by atoms with Gasteiger partial charge in [-0.15, -0.1) is 0 Å². The summed E-state index contributed by atoms with van der Waals surface area (Å²) < 4.78 is 34.0. The van der Waals surface area contributed by atoms with E-state index < -0.39 is 33.2 Å². The third-order valence-corrected chi connectivity index (χ3v) is 9.81. The molecule has 0 saturated heterocycles. The number of hydrogen-bond donors (Lipinski definition) is 3. The topological polar surface area (TPSA) is 115 Å². The molecule has 0 rings (SSSR count). The first-order valence-corrected chi connectivity index (χ1v) is 21.5. The standard InChI is InChI=1S/C38H79O8P/c1-3-5-7-9-11-13-15-17-19-21-23-25-27-29-31-43-35-38(36-46-47(41,42)45-34-37(40)33-39)44-32-30-28-26-24-22-20-18-16-14-12-10-8-6-4-2/h37-40H,3-36H2,1-2H3,(H,41,42)/t37-,38?/m0/s1. The van der Waals surface area contributed by atoms with E-state index in [9.17, 15) is 14.6 Å². The molecule has 3 atom stereocenters. The smallest absolute Gasteiger partial charge is 0.394 e. The fraction of sp³-hybridized carbons (Fsp3) is 1.00. The SMILES string of the molecule is CCCCCCCCCCCCCCCCOCC(COP(=O)(O)OC[C@@H](O)CO)OCCCCCCCCCCCCCCCC. The summed E-state index contributed by atoms with van der Waals surface area (Å²) in [5.41, 5.74) is 0. The number of hydrogen-bond acceptors (Lipinski definition) is 7. The van der Waals surface area contributed by atoms with Gasteiger partial charge in [0.1, 0.15) is 12.2 Å². The molecule has 0 bridgehead atoms. The van der Waals surface area contributed by atoms with Crippen LogP contribution in [0.1, 0.15) is 194 Å². The zero-order chi connectivity index (χ0) is 34.5. The predicted molar refractivity (Wildman–Crippen MR) is 196 cm³/mol. The van der Waals surface area contributed by atoms with Crippen molar-refractivity contribution < 1.29 is 38.2 Å². The Morgan fingerprint density at radius 1 is 0.489 bits per heavy atom. The van der Waals surface area contributed by atoms with Crippen LogP contribution in [0, 0.1) is 0 Å². The van der Waals surface area contributed by atoms with Crippen molar-refractivity contribution in [2.24, 2.45) is 0 Å². The highest BCUT2D eigenvalue weighted by atomic mass is 31.2. The van der Waals surface area contributed by atoms with Crippen molar-refractivity contribution in [3.05, 3.63) is 0 Å². The highest BCUT2D eigenvalue weighted by Crippen LogP contribution is 2.43. The number of phosphoric acid groups is 1. The molecule has 9 heteroatoms. The van der Waals surface area contributed by atoms with E-state index in [4.69, 9.17) is 23.6 Å². The molecule has 0 aromatic carbocycles. The van der Waals surface area contributed by atoms with Crippen LogP contribution in [0.15, 0.2) is 0 Å². The van der Waals surface area contributed by atoms with Crippen molar-refractivity contribution >= 4 is 7.82 Å². The number of aliphatic hydroxyl groups is 2. The predicted octanol–water partition coefficient (Wildman–Crippen LogP) is 10.8. The largest absolute Gasteiger partial charge is 0.472 e. The Balaban J connectivity index is 4.03. The Labute approximate surface area is 291 Å². The van der Waals surface area contributed by atoms with Crippen molar-refractivity contribution in [1.29, 1.82) is 0 Å². The van der Waals surface area contributed by atoms with Gasteiger partial charge in [-0.25, -0.2) is 4.57 Å². The molecule has 0 saturated carbocycles. The number of phosphoric ester groups is 1. The fourth-order valence-electron chi connectivity index (χ4n) is 5.75. The molecule has 47 heavy (non-hydrogen) atoms. The second-order valence-electron chi connectivity index (χ2n) is 13.7. The molecule has 8 nitrogen and oxygen atoms in total. The molecule has 0 fully saturated rings. The van der Waals surface area contributed by atoms with Crippen LogP contribution in [-0.4, -0.2) is 67.0 Å². The maximum absolute atomic E-state index is 12.2. The summed E-state index contributed by atoms with van der Waals surface area (Å²) in [4.78, 5) is 9.95. The average Bonchev–Trinajstić information content (AvgIpc) is 3.07. The maximum atomic E-state index is 12.2. The number of unbranched alkanes of at least 4 members (excludes halogenated alkanes) is 26. The van der Waals surface area contributed by atoms with Gasteiger partial charge < -0.3 is 24.6 Å². The van der Waals surface area contributed by atoms with Gasteiger partial charge in [0, 0.05) is 13.2 Å². The Kier molecular flexibility index (Phi) is 37.2. The van der Waals surface area contributed by atoms with E-state index in [2.05, 4.69) is 13.8 Å². The fourth-order valence-corrected chi connectivity index (χ4v) is 6.54. The third kappa shape index (κ3) is 37.0. The van der Waals surface area contributed by atoms with Crippen LogP contribution in [0.2, 0.25) is 0 Å². The van der Waals surface area contributed by atoms with E-state index in [-0.39, 0.29) is 13.2 Å². The lowest BCUT2D eigenvalue weighted by Crippen LogP contribution is -2.27. The monoisotopic (exact) mass is 695 g/mol. The number of ether oxygens (including phenoxy) is 2. The lowest BCUT2D eigenvalue weighted by molar-refractivity contribution is -0.0462. The van der Waals surface area contributed by atoms with Crippen LogP contribution in [0.25, 0.3) is 0 Å². The zero-order valence-corrected chi connectivity index (χ0v) is 31.9. The normalized spacial score (nSPS) is 14.4. The van der Waals surface area contributed by atoms with Gasteiger partial charge in [-0.3, -0.25) is 9.05 Å². The molecule has 0 amide bonds. The summed E-state index contributed by atoms with van der Waals surface area (Å²) in [6.45, 7) is 4.83. The van der Waals surface area contributed by atoms with Crippen LogP contribution >= 0.6 is 7.82 Å². The van der Waals surface area contributed by atoms with Crippen molar-refractivity contribution in [3.63, 3.8) is 0 Å². The first-order valence-electron chi connectivity index (χ1n) is 20.0. The van der Waals surface area contributed by atoms with Gasteiger partial charge in [0.2, 0.25) is 0 Å². The summed E-state index contributed by atoms with van der Waals surface area (Å²) in [5.74, 6) is 0. The maximum Gasteiger partial charge on any atom is 0.472 e. The van der Waals surface area contributed by atoms with E-state index in [0.717, 1.165) is 25.7 Å². The molecule has 0 aromatic rings. The second kappa shape index (κ2) is 37.2. The molecule has 0 aliphatic heterocycles. The summed E-state index contributed by atoms with van der Waals surface area (Å²) in [5, 5.41) is 18.3. The van der Waals surface area contributed by atoms with Crippen LogP contribution in [0.3, 0.4) is 0 Å². The van der Waals surface area contributed by atoms with E-state index in [0.29, 0.717) is 13.2 Å². The molecule has 2 unspecified atom stereocenters. The minimum atomic E-state index is -4.37. The Morgan fingerprint density at radius 3 is 1.21 bits per heavy atom. The summed E-state index contributed by atoms with van der Waals surface area (Å²) in [6, 6.07) is 0. The van der Waals surface area contributed by atoms with Gasteiger partial charge >= 0.3 is 7.82 Å². The molecule has 0 aliphatic carbocycles. The van der Waals surface area contributed by atoms with Gasteiger partial charge in [-0.1, -0.05) is 181 Å². The second-order valence-corrected chi connectivity index (χ2v) is 15.1. The van der Waals surface area contributed by atoms with E-state index in [1.165, 1.54) is 154 Å². The molecule has 0 aromatic heterocycles. The Hall–Kier alpha value is -0.0500. The number of rotatable bonds is 40. The van der Waals surface area contributed by atoms with Gasteiger partial charge in [0.05, 0.1) is 26.4 Å². The lowest BCUT2D eigenvalue weighted by atomic mass is 10.0. The molecular formula is C38H79O8P. The van der Waals surface area contributed by atoms with Crippen LogP contribution in [0.5, 0.6) is 0 Å². The van der Waals surface area contributed by atoms with Gasteiger partial charge in [0.15, 0.2) is 0 Å². The van der Waals surface area contributed by atoms with Crippen LogP contribution < -0.4 is 0 Å². The molecule has 0 spiro atoms. The molecular weight excluding hydrogens is 615 g/mol. The molecule has 284 valence electrons. The van der Waals surface area contributed by atoms with Crippen molar-refractivity contribution in [2.45, 2.75) is 206 Å². The highest BCUT2D eigenvalue weighted by molar-refractivity contribution is 7.47. The minimum Gasteiger partial charge on any atom is -0.394 e. The summed E-state index contributed by atoms with van der Waals surface area (Å²) >= 11 is 0. The highest BCUT2D eigenvalue weighted by Gasteiger charge is 2.25. The lowest BCUT2D eigenvalue weighted by Gasteiger charge is -2.20. The average molecular weight is 695 g/mol. The van der Waals surface area contributed by atoms with Crippen LogP contribution in [-0.2, 0) is 23.1 Å². The Bertz CT molecular complexity index is 653. The zero-order valence-electron chi connectivity index (χ0n) is 31.0. The van der Waals surface area contributed by atoms with Crippen molar-refractivity contribution in [2.75, 3.05) is 39.6 Å². The third-order valence-electron chi connectivity index (χ3n) is 8.86. The van der Waals surface area contributed by atoms with Crippen molar-refractivity contribution in [3.8, 4) is 0 Å². The molecule has 0 aliphatic rings. The quantitative estimate of drug-likeness (QED) is 0.0429. The molecule has 0 radical (unpaired) electrons. The van der Waals surface area contributed by atoms with Gasteiger partial charge in [-0.2, -0.15) is 0 Å². The molecule has 0 heterocycles. The molecule has 3 N–H and O–H groups in total. The van der Waals surface area contributed by atoms with E-state index in [1.54, 1.807) is 0 Å². The first-order chi connectivity index (χ1) is 22.9. The van der Waals surface area contributed by atoms with Gasteiger partial charge in [-0.05, 0) is 12.8 Å². The van der Waals surface area contributed by atoms with E-state index >= 15 is 0 Å². The summed E-state index contributed by atoms with van der Waals surface area (Å²) in [6.07, 6.45) is 34.8.